The maximum atomic E-state index is 13.9. The van der Waals surface area contributed by atoms with Crippen LogP contribution in [-0.2, 0) is 13.2 Å². The SMILES string of the molecule is CN1CCC(c2ncc(-c3cnc(N)c(OCc4cc(C#CC5(O)C6C(F)C65)cc(Nc5ncc(-c6cnc(C7CCN(C)CC7)s6)cc5OCc5cccc(C#CC6(O)C7CC76)c5)c4)c3)s2)CC1. The van der Waals surface area contributed by atoms with Crippen LogP contribution in [0.1, 0.15) is 76.2 Å². The Balaban J connectivity index is 0.821. The molecule has 6 heterocycles. The first-order valence-corrected chi connectivity index (χ1v) is 25.6. The van der Waals surface area contributed by atoms with Crippen molar-refractivity contribution in [3.63, 3.8) is 0 Å². The van der Waals surface area contributed by atoms with Crippen molar-refractivity contribution < 1.29 is 24.1 Å². The Morgan fingerprint density at radius 1 is 0.710 bits per heavy atom. The van der Waals surface area contributed by atoms with Crippen LogP contribution in [0.25, 0.3) is 20.9 Å². The van der Waals surface area contributed by atoms with E-state index < -0.39 is 29.2 Å². The van der Waals surface area contributed by atoms with Gasteiger partial charge in [-0.05, 0) is 126 Å². The van der Waals surface area contributed by atoms with E-state index in [2.05, 4.69) is 57.9 Å². The van der Waals surface area contributed by atoms with Gasteiger partial charge < -0.3 is 40.5 Å². The van der Waals surface area contributed by atoms with E-state index in [1.54, 1.807) is 28.9 Å². The number of aliphatic hydroxyl groups is 2. The summed E-state index contributed by atoms with van der Waals surface area (Å²) in [5, 5.41) is 27.3. The van der Waals surface area contributed by atoms with Gasteiger partial charge in [0.2, 0.25) is 0 Å². The second kappa shape index (κ2) is 17.5. The molecule has 6 fully saturated rings. The second-order valence-electron chi connectivity index (χ2n) is 19.9. The number of alkyl halides is 1. The van der Waals surface area contributed by atoms with E-state index in [4.69, 9.17) is 30.2 Å². The van der Waals surface area contributed by atoms with Crippen molar-refractivity contribution in [1.29, 1.82) is 0 Å². The monoisotopic (exact) mass is 960 g/mol. The molecule has 6 aromatic rings. The molecule has 5 N–H and O–H groups in total. The van der Waals surface area contributed by atoms with E-state index in [1.165, 1.54) is 0 Å². The number of pyridine rings is 2. The number of ether oxygens (including phenoxy) is 2. The molecule has 2 saturated heterocycles. The number of piperidine rings is 2. The largest absolute Gasteiger partial charge is 0.485 e. The van der Waals surface area contributed by atoms with E-state index >= 15 is 0 Å². The predicted octanol–water partition coefficient (Wildman–Crippen LogP) is 8.24. The Morgan fingerprint density at radius 2 is 1.29 bits per heavy atom. The van der Waals surface area contributed by atoms with E-state index in [1.807, 2.05) is 73.2 Å². The summed E-state index contributed by atoms with van der Waals surface area (Å²) in [5.74, 6) is 14.8. The molecule has 2 aliphatic heterocycles. The van der Waals surface area contributed by atoms with E-state index in [0.29, 0.717) is 52.2 Å². The lowest BCUT2D eigenvalue weighted by atomic mass is 9.98. The topological polar surface area (TPSA) is 155 Å². The van der Waals surface area contributed by atoms with Crippen LogP contribution in [0.15, 0.2) is 79.4 Å². The molecule has 0 amide bonds. The second-order valence-corrected chi connectivity index (χ2v) is 22.0. The first-order valence-electron chi connectivity index (χ1n) is 23.9. The minimum absolute atomic E-state index is 0.129. The summed E-state index contributed by atoms with van der Waals surface area (Å²) < 4.78 is 27.0. The summed E-state index contributed by atoms with van der Waals surface area (Å²) in [5.41, 5.74) is 9.83. The lowest BCUT2D eigenvalue weighted by Gasteiger charge is -2.27. The third-order valence-electron chi connectivity index (χ3n) is 14.9. The highest BCUT2D eigenvalue weighted by Gasteiger charge is 2.85. The maximum absolute atomic E-state index is 13.9. The molecule has 352 valence electrons. The lowest BCUT2D eigenvalue weighted by molar-refractivity contribution is 0.109. The van der Waals surface area contributed by atoms with Gasteiger partial charge in [-0.25, -0.2) is 24.3 Å². The van der Waals surface area contributed by atoms with Crippen molar-refractivity contribution in [2.45, 2.75) is 74.5 Å². The quantitative estimate of drug-likeness (QED) is 0.0874. The van der Waals surface area contributed by atoms with Gasteiger partial charge in [-0.1, -0.05) is 35.8 Å². The Kier molecular flexibility index (Phi) is 11.2. The van der Waals surface area contributed by atoms with Crippen LogP contribution >= 0.6 is 22.7 Å². The molecule has 4 unspecified atom stereocenters. The number of nitrogens with one attached hydrogen (secondary N) is 1. The number of rotatable bonds is 12. The molecule has 69 heavy (non-hydrogen) atoms. The number of hydrogen-bond acceptors (Lipinski definition) is 14. The highest BCUT2D eigenvalue weighted by Crippen LogP contribution is 2.72. The fourth-order valence-corrected chi connectivity index (χ4v) is 12.2. The van der Waals surface area contributed by atoms with Gasteiger partial charge in [-0.2, -0.15) is 0 Å². The van der Waals surface area contributed by atoms with Crippen molar-refractivity contribution in [3.8, 4) is 56.1 Å². The molecule has 12 nitrogen and oxygen atoms in total. The smallest absolute Gasteiger partial charge is 0.173 e. The summed E-state index contributed by atoms with van der Waals surface area (Å²) in [6.45, 7) is 4.61. The molecule has 4 saturated carbocycles. The summed E-state index contributed by atoms with van der Waals surface area (Å²) in [6.07, 6.45) is 11.9. The predicted molar refractivity (Wildman–Crippen MR) is 266 cm³/mol. The van der Waals surface area contributed by atoms with Crippen LogP contribution in [0, 0.1) is 47.4 Å². The number of benzene rings is 2. The number of anilines is 3. The zero-order chi connectivity index (χ0) is 47.0. The van der Waals surface area contributed by atoms with Crippen LogP contribution < -0.4 is 20.5 Å². The lowest BCUT2D eigenvalue weighted by Crippen LogP contribution is -2.29. The molecular formula is C54H53FN8O4S2. The maximum Gasteiger partial charge on any atom is 0.173 e. The molecule has 2 aromatic carbocycles. The molecule has 12 rings (SSSR count). The summed E-state index contributed by atoms with van der Waals surface area (Å²) in [7, 11) is 4.33. The van der Waals surface area contributed by atoms with Gasteiger partial charge >= 0.3 is 0 Å². The number of halogens is 1. The normalized spacial score (nSPS) is 26.9. The molecule has 15 heteroatoms. The first-order chi connectivity index (χ1) is 33.5. The minimum Gasteiger partial charge on any atom is -0.485 e. The summed E-state index contributed by atoms with van der Waals surface area (Å²) >= 11 is 3.40. The van der Waals surface area contributed by atoms with Crippen molar-refractivity contribution in [2.75, 3.05) is 51.3 Å². The summed E-state index contributed by atoms with van der Waals surface area (Å²) in [6, 6.07) is 17.5. The Labute approximate surface area is 409 Å². The third kappa shape index (κ3) is 8.97. The van der Waals surface area contributed by atoms with Gasteiger partial charge in [0.25, 0.3) is 0 Å². The van der Waals surface area contributed by atoms with Crippen LogP contribution in [0.4, 0.5) is 21.7 Å². The first kappa shape index (κ1) is 44.3. The molecule has 4 aromatic heterocycles. The average molecular weight is 961 g/mol. The highest BCUT2D eigenvalue weighted by atomic mass is 32.1. The Morgan fingerprint density at radius 3 is 1.93 bits per heavy atom. The molecule has 0 radical (unpaired) electrons. The third-order valence-corrected chi connectivity index (χ3v) is 17.3. The zero-order valence-corrected chi connectivity index (χ0v) is 40.1. The average Bonchev–Trinajstić information content (AvgIpc) is 4.34. The molecular weight excluding hydrogens is 908 g/mol. The zero-order valence-electron chi connectivity index (χ0n) is 38.5. The van der Waals surface area contributed by atoms with Crippen molar-refractivity contribution in [3.05, 3.63) is 112 Å². The van der Waals surface area contributed by atoms with Gasteiger partial charge in [-0.3, -0.25) is 0 Å². The number of likely N-dealkylation sites (tertiary alicyclic amines) is 2. The summed E-state index contributed by atoms with van der Waals surface area (Å²) in [4.78, 5) is 25.9. The van der Waals surface area contributed by atoms with Crippen LogP contribution in [-0.4, -0.2) is 97.6 Å². The number of nitrogen functional groups attached to an aromatic ring is 1. The van der Waals surface area contributed by atoms with Gasteiger partial charge in [-0.15, -0.1) is 22.7 Å². The molecule has 0 spiro atoms. The molecule has 4 atom stereocenters. The fourth-order valence-electron chi connectivity index (χ4n) is 10.0. The van der Waals surface area contributed by atoms with E-state index in [9.17, 15) is 14.6 Å². The molecule has 0 bridgehead atoms. The van der Waals surface area contributed by atoms with Crippen LogP contribution in [0.3, 0.4) is 0 Å². The van der Waals surface area contributed by atoms with Gasteiger partial charge in [0.05, 0.1) is 19.8 Å². The number of hydrogen-bond donors (Lipinski definition) is 4. The van der Waals surface area contributed by atoms with Gasteiger partial charge in [0.15, 0.2) is 23.1 Å². The van der Waals surface area contributed by atoms with Crippen LogP contribution in [0.5, 0.6) is 11.5 Å². The van der Waals surface area contributed by atoms with Crippen LogP contribution in [0.2, 0.25) is 0 Å². The van der Waals surface area contributed by atoms with Crippen molar-refractivity contribution >= 4 is 40.0 Å². The molecule has 4 aliphatic carbocycles. The van der Waals surface area contributed by atoms with E-state index in [0.717, 1.165) is 106 Å². The van der Waals surface area contributed by atoms with Gasteiger partial charge in [0.1, 0.15) is 30.6 Å². The minimum atomic E-state index is -1.30. The van der Waals surface area contributed by atoms with Gasteiger partial charge in [0, 0.05) is 88.2 Å². The number of fused-ring (bicyclic) bond motifs is 2. The standard InChI is InChI=1S/C54H53FN8O4S2/c1-62-14-8-35(9-15-62)51-59-27-44(68-51)37-22-42(49(56)57-25-37)66-30-34-19-32(7-13-54(65)46-47(54)48(46)55)20-39(21-34)61-50-43(67-29-33-5-3-4-31(18-33)6-12-53(64)40-24-41(40)53)23-38(26-58-50)45-28-60-52(69-45)36-10-16-63(2)17-11-36/h3-5,18-23,25-28,35-36,40-41,46-48,64-65H,8-11,14-17,24,29-30H2,1-2H3,(H2,56,57)(H,58,61). The number of thiazole rings is 2. The molecule has 6 aliphatic rings. The number of nitrogens with zero attached hydrogens (tertiary/aromatic N) is 6. The van der Waals surface area contributed by atoms with Crippen molar-refractivity contribution in [2.24, 2.45) is 23.7 Å². The van der Waals surface area contributed by atoms with Crippen molar-refractivity contribution in [1.82, 2.24) is 29.7 Å². The van der Waals surface area contributed by atoms with E-state index in [-0.39, 0.29) is 19.0 Å². The fraction of sp³-hybridized carbons (Fsp3) is 0.407. The Hall–Kier alpha value is -5.91. The Bertz CT molecular complexity index is 3070. The number of aromatic nitrogens is 4. The number of nitrogens with two attached hydrogens (primary N) is 1. The highest BCUT2D eigenvalue weighted by molar-refractivity contribution is 7.15.